The van der Waals surface area contributed by atoms with Gasteiger partial charge in [0.05, 0.1) is 38.6 Å². The van der Waals surface area contributed by atoms with Crippen molar-refractivity contribution in [1.82, 2.24) is 4.98 Å². The van der Waals surface area contributed by atoms with Crippen molar-refractivity contribution in [3.05, 3.63) is 130 Å². The summed E-state index contributed by atoms with van der Waals surface area (Å²) in [6.07, 6.45) is -1.02. The summed E-state index contributed by atoms with van der Waals surface area (Å²) in [5, 5.41) is 0.823. The zero-order chi connectivity index (χ0) is 29.5. The molecule has 206 valence electrons. The average molecular weight is 575 g/mol. The monoisotopic (exact) mass is 574 g/mol. The van der Waals surface area contributed by atoms with E-state index in [1.54, 1.807) is 84.9 Å². The van der Waals surface area contributed by atoms with Crippen molar-refractivity contribution >= 4 is 51.8 Å². The predicted molar refractivity (Wildman–Crippen MR) is 160 cm³/mol. The molecule has 1 aliphatic rings. The minimum Gasteiger partial charge on any atom is -0.451 e. The van der Waals surface area contributed by atoms with Crippen LogP contribution in [0.25, 0.3) is 22.2 Å². The third-order valence-electron chi connectivity index (χ3n) is 7.21. The van der Waals surface area contributed by atoms with E-state index in [0.717, 1.165) is 10.5 Å². The normalized spacial score (nSPS) is 13.3. The molecule has 7 nitrogen and oxygen atoms in total. The van der Waals surface area contributed by atoms with Crippen LogP contribution in [0.3, 0.4) is 0 Å². The van der Waals surface area contributed by atoms with Gasteiger partial charge >= 0.3 is 5.97 Å². The molecule has 1 aromatic heterocycles. The fraction of sp³-hybridized carbons (Fsp3) is 0.0882. The molecule has 5 aromatic rings. The van der Waals surface area contributed by atoms with Gasteiger partial charge in [0.25, 0.3) is 11.8 Å². The van der Waals surface area contributed by atoms with E-state index in [1.807, 2.05) is 19.1 Å². The van der Waals surface area contributed by atoms with Crippen LogP contribution < -0.4 is 4.90 Å². The van der Waals surface area contributed by atoms with Crippen LogP contribution in [0, 0.1) is 6.92 Å². The number of para-hydroxylation sites is 1. The first kappa shape index (κ1) is 27.1. The molecule has 1 atom stereocenters. The van der Waals surface area contributed by atoms with Crippen molar-refractivity contribution in [1.29, 1.82) is 0 Å². The van der Waals surface area contributed by atoms with Gasteiger partial charge in [-0.2, -0.15) is 0 Å². The average Bonchev–Trinajstić information content (AvgIpc) is 3.26. The smallest absolute Gasteiger partial charge is 0.339 e. The molecule has 0 saturated heterocycles. The van der Waals surface area contributed by atoms with Crippen LogP contribution in [-0.4, -0.2) is 34.7 Å². The molecule has 0 radical (unpaired) electrons. The Bertz CT molecular complexity index is 1880. The van der Waals surface area contributed by atoms with Gasteiger partial charge in [-0.1, -0.05) is 77.8 Å². The number of aryl methyl sites for hydroxylation is 1. The second kappa shape index (κ2) is 10.7. The number of nitrogens with zero attached hydrogens (tertiary/aromatic N) is 2. The first-order chi connectivity index (χ1) is 20.2. The van der Waals surface area contributed by atoms with E-state index in [1.165, 1.54) is 6.92 Å². The number of benzene rings is 4. The third-order valence-corrected chi connectivity index (χ3v) is 7.52. The number of hydrogen-bond acceptors (Lipinski definition) is 6. The van der Waals surface area contributed by atoms with Crippen molar-refractivity contribution in [3.63, 3.8) is 0 Å². The summed E-state index contributed by atoms with van der Waals surface area (Å²) < 4.78 is 5.62. The lowest BCUT2D eigenvalue weighted by Crippen LogP contribution is -2.29. The maximum atomic E-state index is 13.4. The SMILES string of the molecule is Cc1ccc(C(=O)C(C)OC(=O)c2cc(-c3ccc(N4C(=O)c5ccccc5C4=O)cc3)nc3c(Cl)cccc23)cc1. The van der Waals surface area contributed by atoms with Crippen molar-refractivity contribution in [2.24, 2.45) is 0 Å². The second-order valence-corrected chi connectivity index (χ2v) is 10.4. The first-order valence-corrected chi connectivity index (χ1v) is 13.6. The molecule has 4 aromatic carbocycles. The summed E-state index contributed by atoms with van der Waals surface area (Å²) in [6, 6.07) is 27.1. The van der Waals surface area contributed by atoms with E-state index in [0.29, 0.717) is 49.6 Å². The molecular weight excluding hydrogens is 552 g/mol. The summed E-state index contributed by atoms with van der Waals surface area (Å²) >= 11 is 6.48. The largest absolute Gasteiger partial charge is 0.451 e. The van der Waals surface area contributed by atoms with Gasteiger partial charge < -0.3 is 4.74 Å². The number of Topliss-reactive ketones (excluding diaryl/α,β-unsaturated/α-hetero) is 1. The van der Waals surface area contributed by atoms with E-state index in [4.69, 9.17) is 21.3 Å². The highest BCUT2D eigenvalue weighted by Gasteiger charge is 2.36. The Morgan fingerprint density at radius 2 is 1.48 bits per heavy atom. The number of aromatic nitrogens is 1. The molecule has 0 spiro atoms. The number of imide groups is 1. The van der Waals surface area contributed by atoms with Gasteiger partial charge in [-0.25, -0.2) is 14.7 Å². The lowest BCUT2D eigenvalue weighted by molar-refractivity contribution is 0.0320. The fourth-order valence-electron chi connectivity index (χ4n) is 4.97. The lowest BCUT2D eigenvalue weighted by atomic mass is 10.0. The van der Waals surface area contributed by atoms with Crippen molar-refractivity contribution < 1.29 is 23.9 Å². The highest BCUT2D eigenvalue weighted by atomic mass is 35.5. The Morgan fingerprint density at radius 1 is 0.833 bits per heavy atom. The molecule has 0 N–H and O–H groups in total. The summed E-state index contributed by atoms with van der Waals surface area (Å²) in [6.45, 7) is 3.46. The molecular formula is C34H23ClN2O5. The Kier molecular flexibility index (Phi) is 6.88. The van der Waals surface area contributed by atoms with Crippen molar-refractivity contribution in [3.8, 4) is 11.3 Å². The highest BCUT2D eigenvalue weighted by Crippen LogP contribution is 2.33. The van der Waals surface area contributed by atoms with Crippen LogP contribution in [0.15, 0.2) is 97.1 Å². The number of fused-ring (bicyclic) bond motifs is 2. The van der Waals surface area contributed by atoms with Crippen LogP contribution in [0.4, 0.5) is 5.69 Å². The summed E-state index contributed by atoms with van der Waals surface area (Å²) in [5.74, 6) is -1.79. The van der Waals surface area contributed by atoms with Gasteiger partial charge in [0.2, 0.25) is 5.78 Å². The number of ketones is 1. The Hall–Kier alpha value is -5.14. The van der Waals surface area contributed by atoms with Gasteiger partial charge in [0.15, 0.2) is 6.10 Å². The number of carbonyl (C=O) groups is 4. The van der Waals surface area contributed by atoms with Gasteiger partial charge in [-0.05, 0) is 50.2 Å². The molecule has 8 heteroatoms. The maximum absolute atomic E-state index is 13.4. The predicted octanol–water partition coefficient (Wildman–Crippen LogP) is 7.09. The summed E-state index contributed by atoms with van der Waals surface area (Å²) in [5.41, 5.74) is 4.22. The number of amides is 2. The van der Waals surface area contributed by atoms with E-state index >= 15 is 0 Å². The molecule has 0 bridgehead atoms. The number of rotatable bonds is 6. The minimum atomic E-state index is -1.02. The van der Waals surface area contributed by atoms with Gasteiger partial charge in [0.1, 0.15) is 0 Å². The zero-order valence-corrected chi connectivity index (χ0v) is 23.4. The van der Waals surface area contributed by atoms with Crippen LogP contribution in [0.1, 0.15) is 53.9 Å². The van der Waals surface area contributed by atoms with Gasteiger partial charge in [-0.3, -0.25) is 14.4 Å². The van der Waals surface area contributed by atoms with Crippen molar-refractivity contribution in [2.45, 2.75) is 20.0 Å². The van der Waals surface area contributed by atoms with Gasteiger partial charge in [-0.15, -0.1) is 0 Å². The number of carbonyl (C=O) groups excluding carboxylic acids is 4. The van der Waals surface area contributed by atoms with E-state index in [9.17, 15) is 19.2 Å². The molecule has 0 fully saturated rings. The fourth-order valence-corrected chi connectivity index (χ4v) is 5.18. The van der Waals surface area contributed by atoms with E-state index in [2.05, 4.69) is 0 Å². The quantitative estimate of drug-likeness (QED) is 0.122. The zero-order valence-electron chi connectivity index (χ0n) is 22.6. The van der Waals surface area contributed by atoms with E-state index in [-0.39, 0.29) is 11.3 Å². The second-order valence-electron chi connectivity index (χ2n) is 10.0. The number of halogens is 1. The molecule has 1 aliphatic heterocycles. The Labute approximate surface area is 246 Å². The number of esters is 1. The van der Waals surface area contributed by atoms with E-state index < -0.39 is 23.9 Å². The third kappa shape index (κ3) is 4.74. The highest BCUT2D eigenvalue weighted by molar-refractivity contribution is 6.35. The van der Waals surface area contributed by atoms with Gasteiger partial charge in [0, 0.05) is 16.5 Å². The molecule has 0 aliphatic carbocycles. The number of hydrogen-bond donors (Lipinski definition) is 0. The molecule has 0 saturated carbocycles. The first-order valence-electron chi connectivity index (χ1n) is 13.2. The van der Waals surface area contributed by atoms with Crippen LogP contribution >= 0.6 is 11.6 Å². The standard InChI is InChI=1S/C34H23ClN2O5/c1-19-10-12-22(13-11-19)31(38)20(2)42-34(41)27-18-29(36-30-24(27)8-5-9-28(30)35)21-14-16-23(17-15-21)37-32(39)25-6-3-4-7-26(25)33(37)40/h3-18,20H,1-2H3. The molecule has 2 amide bonds. The lowest BCUT2D eigenvalue weighted by Gasteiger charge is -2.16. The van der Waals surface area contributed by atoms with Crippen molar-refractivity contribution in [2.75, 3.05) is 4.90 Å². The number of anilines is 1. The number of ether oxygens (including phenoxy) is 1. The molecule has 2 heterocycles. The minimum absolute atomic E-state index is 0.200. The van der Waals surface area contributed by atoms with Crippen LogP contribution in [0.2, 0.25) is 5.02 Å². The van der Waals surface area contributed by atoms with Crippen LogP contribution in [0.5, 0.6) is 0 Å². The maximum Gasteiger partial charge on any atom is 0.339 e. The Morgan fingerprint density at radius 3 is 2.12 bits per heavy atom. The molecule has 1 unspecified atom stereocenters. The Balaban J connectivity index is 1.32. The summed E-state index contributed by atoms with van der Waals surface area (Å²) in [4.78, 5) is 58.0. The number of pyridine rings is 1. The topological polar surface area (TPSA) is 93.6 Å². The molecule has 42 heavy (non-hydrogen) atoms. The summed E-state index contributed by atoms with van der Waals surface area (Å²) in [7, 11) is 0. The molecule has 6 rings (SSSR count). The van der Waals surface area contributed by atoms with Crippen LogP contribution in [-0.2, 0) is 4.74 Å².